The highest BCUT2D eigenvalue weighted by atomic mass is 16.6. The van der Waals surface area contributed by atoms with Crippen LogP contribution in [0.2, 0.25) is 0 Å². The Morgan fingerprint density at radius 2 is 0.434 bits per heavy atom. The molecule has 1 unspecified atom stereocenters. The van der Waals surface area contributed by atoms with Gasteiger partial charge >= 0.3 is 17.9 Å². The van der Waals surface area contributed by atoms with Crippen LogP contribution in [0.25, 0.3) is 0 Å². The summed E-state index contributed by atoms with van der Waals surface area (Å²) in [5, 5.41) is 0. The van der Waals surface area contributed by atoms with Crippen molar-refractivity contribution >= 4 is 17.9 Å². The molecule has 450 valence electrons. The smallest absolute Gasteiger partial charge is 0.306 e. The van der Waals surface area contributed by atoms with Gasteiger partial charge in [-0.2, -0.15) is 0 Å². The Morgan fingerprint density at radius 3 is 0.658 bits per heavy atom. The Hall–Kier alpha value is -1.85. The third kappa shape index (κ3) is 63.0. The van der Waals surface area contributed by atoms with Gasteiger partial charge in [-0.1, -0.05) is 348 Å². The summed E-state index contributed by atoms with van der Waals surface area (Å²) in [4.78, 5) is 38.1. The molecule has 0 aliphatic carbocycles. The van der Waals surface area contributed by atoms with Crippen molar-refractivity contribution in [2.75, 3.05) is 13.2 Å². The Morgan fingerprint density at radius 1 is 0.250 bits per heavy atom. The molecule has 0 rings (SSSR count). The summed E-state index contributed by atoms with van der Waals surface area (Å²) in [6.45, 7) is 6.68. The number of unbranched alkanes of at least 4 members (excludes halogenated alkanes) is 52. The lowest BCUT2D eigenvalue weighted by molar-refractivity contribution is -0.167. The second-order valence-electron chi connectivity index (χ2n) is 23.8. The minimum absolute atomic E-state index is 0.0637. The van der Waals surface area contributed by atoms with E-state index >= 15 is 0 Å². The molecular weight excluding hydrogens is 937 g/mol. The molecule has 0 bridgehead atoms. The molecule has 0 aliphatic heterocycles. The number of carbonyl (C=O) groups is 3. The first-order valence-electron chi connectivity index (χ1n) is 34.7. The Kier molecular flexibility index (Phi) is 64.1. The highest BCUT2D eigenvalue weighted by Gasteiger charge is 2.19. The average molecular weight is 1070 g/mol. The molecule has 0 heterocycles. The molecule has 0 saturated carbocycles. The van der Waals surface area contributed by atoms with Gasteiger partial charge in [-0.25, -0.2) is 0 Å². The van der Waals surface area contributed by atoms with E-state index < -0.39 is 6.10 Å². The van der Waals surface area contributed by atoms with E-state index in [1.807, 2.05) is 0 Å². The standard InChI is InChI=1S/C70H134O6/c1-4-7-10-13-16-18-20-22-24-26-28-30-32-34-36-37-39-41-43-45-47-49-51-54-57-60-63-69(72)75-66-67(65-74-68(71)62-59-56-53-15-12-9-6-3)76-70(73)64-61-58-55-52-50-48-46-44-42-40-38-35-33-31-29-27-25-23-21-19-17-14-11-8-5-2/h27,29,67H,4-26,28,30-66H2,1-3H3/b29-27-. The molecule has 0 saturated heterocycles. The fraction of sp³-hybridized carbons (Fsp3) is 0.929. The van der Waals surface area contributed by atoms with E-state index in [1.54, 1.807) is 0 Å². The lowest BCUT2D eigenvalue weighted by Crippen LogP contribution is -2.30. The van der Waals surface area contributed by atoms with Crippen molar-refractivity contribution in [2.24, 2.45) is 0 Å². The highest BCUT2D eigenvalue weighted by molar-refractivity contribution is 5.71. The van der Waals surface area contributed by atoms with E-state index in [1.165, 1.54) is 302 Å². The summed E-state index contributed by atoms with van der Waals surface area (Å²) in [5.41, 5.74) is 0. The second kappa shape index (κ2) is 65.7. The summed E-state index contributed by atoms with van der Waals surface area (Å²) >= 11 is 0. The molecule has 0 fully saturated rings. The maximum atomic E-state index is 12.9. The first kappa shape index (κ1) is 74.2. The van der Waals surface area contributed by atoms with Crippen molar-refractivity contribution in [3.8, 4) is 0 Å². The van der Waals surface area contributed by atoms with E-state index in [4.69, 9.17) is 14.2 Å². The van der Waals surface area contributed by atoms with Crippen LogP contribution in [0.1, 0.15) is 400 Å². The first-order valence-corrected chi connectivity index (χ1v) is 34.7. The topological polar surface area (TPSA) is 78.9 Å². The second-order valence-corrected chi connectivity index (χ2v) is 23.8. The van der Waals surface area contributed by atoms with Gasteiger partial charge in [0.05, 0.1) is 0 Å². The fourth-order valence-corrected chi connectivity index (χ4v) is 10.8. The van der Waals surface area contributed by atoms with Crippen LogP contribution in [0.5, 0.6) is 0 Å². The predicted octanol–water partition coefficient (Wildman–Crippen LogP) is 23.6. The van der Waals surface area contributed by atoms with E-state index in [-0.39, 0.29) is 31.1 Å². The van der Waals surface area contributed by atoms with E-state index in [9.17, 15) is 14.4 Å². The zero-order valence-electron chi connectivity index (χ0n) is 51.8. The third-order valence-electron chi connectivity index (χ3n) is 16.0. The highest BCUT2D eigenvalue weighted by Crippen LogP contribution is 2.19. The Labute approximate surface area is 475 Å². The molecule has 6 nitrogen and oxygen atoms in total. The van der Waals surface area contributed by atoms with Crippen molar-refractivity contribution in [3.63, 3.8) is 0 Å². The molecule has 6 heteroatoms. The SMILES string of the molecule is CCCCCCCCCC/C=C\CCCCCCCCCCCCCCCC(=O)OC(COC(=O)CCCCCCCCC)COC(=O)CCCCCCCCCCCCCCCCCCCCCCCCCCCC. The number of ether oxygens (including phenoxy) is 3. The van der Waals surface area contributed by atoms with Crippen molar-refractivity contribution in [1.29, 1.82) is 0 Å². The van der Waals surface area contributed by atoms with Crippen LogP contribution in [0.3, 0.4) is 0 Å². The average Bonchev–Trinajstić information content (AvgIpc) is 3.42. The molecule has 76 heavy (non-hydrogen) atoms. The van der Waals surface area contributed by atoms with Gasteiger partial charge in [-0.15, -0.1) is 0 Å². The van der Waals surface area contributed by atoms with Crippen LogP contribution in [0.15, 0.2) is 12.2 Å². The van der Waals surface area contributed by atoms with E-state index in [0.717, 1.165) is 57.8 Å². The number of rotatable bonds is 65. The lowest BCUT2D eigenvalue weighted by atomic mass is 10.0. The summed E-state index contributed by atoms with van der Waals surface area (Å²) in [5.74, 6) is -0.840. The minimum Gasteiger partial charge on any atom is -0.462 e. The lowest BCUT2D eigenvalue weighted by Gasteiger charge is -2.18. The Balaban J connectivity index is 4.02. The quantitative estimate of drug-likeness (QED) is 0.0261. The van der Waals surface area contributed by atoms with Gasteiger partial charge in [0.1, 0.15) is 13.2 Å². The maximum absolute atomic E-state index is 12.9. The van der Waals surface area contributed by atoms with Gasteiger partial charge in [0.2, 0.25) is 0 Å². The van der Waals surface area contributed by atoms with Gasteiger partial charge < -0.3 is 14.2 Å². The van der Waals surface area contributed by atoms with Gasteiger partial charge in [0.15, 0.2) is 6.10 Å². The molecule has 0 N–H and O–H groups in total. The normalized spacial score (nSPS) is 12.0. The number of allylic oxidation sites excluding steroid dienone is 2. The fourth-order valence-electron chi connectivity index (χ4n) is 10.8. The van der Waals surface area contributed by atoms with Crippen molar-refractivity contribution < 1.29 is 28.6 Å². The predicted molar refractivity (Wildman–Crippen MR) is 330 cm³/mol. The molecule has 0 radical (unpaired) electrons. The van der Waals surface area contributed by atoms with Gasteiger partial charge in [-0.3, -0.25) is 14.4 Å². The molecular formula is C70H134O6. The largest absolute Gasteiger partial charge is 0.462 e. The van der Waals surface area contributed by atoms with Crippen LogP contribution in [0.4, 0.5) is 0 Å². The summed E-state index contributed by atoms with van der Waals surface area (Å²) < 4.78 is 16.9. The van der Waals surface area contributed by atoms with Gasteiger partial charge in [-0.05, 0) is 44.9 Å². The Bertz CT molecular complexity index is 1180. The number of carbonyl (C=O) groups excluding carboxylic acids is 3. The first-order chi connectivity index (χ1) is 37.5. The van der Waals surface area contributed by atoms with Crippen LogP contribution >= 0.6 is 0 Å². The van der Waals surface area contributed by atoms with Crippen LogP contribution in [0, 0.1) is 0 Å². The van der Waals surface area contributed by atoms with E-state index in [2.05, 4.69) is 32.9 Å². The van der Waals surface area contributed by atoms with Crippen LogP contribution < -0.4 is 0 Å². The molecule has 1 atom stereocenters. The van der Waals surface area contributed by atoms with Gasteiger partial charge in [0.25, 0.3) is 0 Å². The summed E-state index contributed by atoms with van der Waals surface area (Å²) in [6, 6.07) is 0. The molecule has 0 aromatic carbocycles. The number of hydrogen-bond acceptors (Lipinski definition) is 6. The number of esters is 3. The zero-order chi connectivity index (χ0) is 55.0. The van der Waals surface area contributed by atoms with Crippen molar-refractivity contribution in [3.05, 3.63) is 12.2 Å². The molecule has 0 aromatic heterocycles. The van der Waals surface area contributed by atoms with Crippen molar-refractivity contribution in [1.82, 2.24) is 0 Å². The zero-order valence-corrected chi connectivity index (χ0v) is 51.8. The monoisotopic (exact) mass is 1070 g/mol. The molecule has 0 spiro atoms. The molecule has 0 aliphatic rings. The van der Waals surface area contributed by atoms with Gasteiger partial charge in [0, 0.05) is 19.3 Å². The minimum atomic E-state index is -0.764. The maximum Gasteiger partial charge on any atom is 0.306 e. The number of hydrogen-bond donors (Lipinski definition) is 0. The third-order valence-corrected chi connectivity index (χ3v) is 16.0. The van der Waals surface area contributed by atoms with Crippen LogP contribution in [-0.4, -0.2) is 37.2 Å². The summed E-state index contributed by atoms with van der Waals surface area (Å²) in [6.07, 6.45) is 78.5. The molecule has 0 amide bonds. The van der Waals surface area contributed by atoms with Crippen LogP contribution in [-0.2, 0) is 28.6 Å². The van der Waals surface area contributed by atoms with Crippen molar-refractivity contribution in [2.45, 2.75) is 406 Å². The van der Waals surface area contributed by atoms with E-state index in [0.29, 0.717) is 19.3 Å². The molecule has 0 aromatic rings. The summed E-state index contributed by atoms with van der Waals surface area (Å²) in [7, 11) is 0.